The first kappa shape index (κ1) is 21.5. The third-order valence-corrected chi connectivity index (χ3v) is 6.67. The topological polar surface area (TPSA) is 54.5 Å². The lowest BCUT2D eigenvalue weighted by molar-refractivity contribution is -0.120. The van der Waals surface area contributed by atoms with E-state index >= 15 is 0 Å². The van der Waals surface area contributed by atoms with Gasteiger partial charge in [0.15, 0.2) is 0 Å². The first-order valence-corrected chi connectivity index (χ1v) is 11.7. The van der Waals surface area contributed by atoms with Crippen molar-refractivity contribution in [3.8, 4) is 16.3 Å². The van der Waals surface area contributed by atoms with Gasteiger partial charge in [-0.05, 0) is 45.0 Å². The van der Waals surface area contributed by atoms with Crippen molar-refractivity contribution in [3.05, 3.63) is 70.7 Å². The van der Waals surface area contributed by atoms with E-state index < -0.39 is 0 Å². The SMILES string of the molecule is COc1ccccc1C(CNC(=O)Cc1csc(-c2cccc(C)c2)n1)N1CCCC1. The maximum absolute atomic E-state index is 12.7. The standard InChI is InChI=1S/C25H29N3O2S/c1-18-8-7-9-19(14-18)25-27-20(17-31-25)15-24(29)26-16-22(28-12-5-6-13-28)21-10-3-4-11-23(21)30-2/h3-4,7-11,14,17,22H,5-6,12-13,15-16H2,1-2H3,(H,26,29). The van der Waals surface area contributed by atoms with Gasteiger partial charge in [-0.1, -0.05) is 42.0 Å². The molecule has 0 aliphatic carbocycles. The fourth-order valence-corrected chi connectivity index (χ4v) is 4.98. The molecule has 3 aromatic rings. The molecule has 1 atom stereocenters. The van der Waals surface area contributed by atoms with Crippen molar-refractivity contribution in [3.63, 3.8) is 0 Å². The largest absolute Gasteiger partial charge is 0.496 e. The Balaban J connectivity index is 1.41. The third-order valence-electron chi connectivity index (χ3n) is 5.73. The van der Waals surface area contributed by atoms with E-state index in [2.05, 4.69) is 46.4 Å². The van der Waals surface area contributed by atoms with Crippen molar-refractivity contribution in [2.24, 2.45) is 0 Å². The minimum Gasteiger partial charge on any atom is -0.496 e. The van der Waals surface area contributed by atoms with Gasteiger partial charge in [0.1, 0.15) is 10.8 Å². The maximum atomic E-state index is 12.7. The summed E-state index contributed by atoms with van der Waals surface area (Å²) in [5, 5.41) is 6.08. The molecule has 6 heteroatoms. The van der Waals surface area contributed by atoms with Gasteiger partial charge in [0.25, 0.3) is 0 Å². The molecule has 1 aliphatic heterocycles. The zero-order valence-corrected chi connectivity index (χ0v) is 19.0. The molecule has 162 valence electrons. The highest BCUT2D eigenvalue weighted by Crippen LogP contribution is 2.31. The molecule has 5 nitrogen and oxygen atoms in total. The van der Waals surface area contributed by atoms with Crippen molar-refractivity contribution in [1.29, 1.82) is 0 Å². The number of para-hydroxylation sites is 1. The lowest BCUT2D eigenvalue weighted by Gasteiger charge is -2.29. The van der Waals surface area contributed by atoms with Gasteiger partial charge in [-0.2, -0.15) is 0 Å². The van der Waals surface area contributed by atoms with Crippen LogP contribution in [0.15, 0.2) is 53.9 Å². The van der Waals surface area contributed by atoms with E-state index in [-0.39, 0.29) is 11.9 Å². The number of nitrogens with one attached hydrogen (secondary N) is 1. The first-order valence-electron chi connectivity index (χ1n) is 10.8. The molecule has 1 unspecified atom stereocenters. The van der Waals surface area contributed by atoms with Crippen molar-refractivity contribution in [1.82, 2.24) is 15.2 Å². The van der Waals surface area contributed by atoms with E-state index in [0.29, 0.717) is 13.0 Å². The lowest BCUT2D eigenvalue weighted by Crippen LogP contribution is -2.37. The summed E-state index contributed by atoms with van der Waals surface area (Å²) in [6.07, 6.45) is 2.68. The summed E-state index contributed by atoms with van der Waals surface area (Å²) in [5.74, 6) is 0.871. The number of nitrogens with zero attached hydrogens (tertiary/aromatic N) is 2. The monoisotopic (exact) mass is 435 g/mol. The number of rotatable bonds is 8. The summed E-state index contributed by atoms with van der Waals surface area (Å²) in [6.45, 7) is 4.73. The van der Waals surface area contributed by atoms with E-state index in [1.54, 1.807) is 18.4 Å². The number of amides is 1. The van der Waals surface area contributed by atoms with Crippen LogP contribution in [-0.4, -0.2) is 42.5 Å². The molecule has 2 aromatic carbocycles. The van der Waals surface area contributed by atoms with Gasteiger partial charge in [0.2, 0.25) is 5.91 Å². The number of thiazole rings is 1. The van der Waals surface area contributed by atoms with E-state index in [1.807, 2.05) is 29.6 Å². The minimum absolute atomic E-state index is 0.000173. The van der Waals surface area contributed by atoms with E-state index in [0.717, 1.165) is 40.7 Å². The molecule has 0 radical (unpaired) electrons. The molecule has 0 bridgehead atoms. The number of carbonyl (C=O) groups is 1. The molecule has 1 amide bonds. The van der Waals surface area contributed by atoms with Crippen molar-refractivity contribution in [2.75, 3.05) is 26.7 Å². The van der Waals surface area contributed by atoms with Gasteiger partial charge in [0, 0.05) is 23.1 Å². The Kier molecular flexibility index (Phi) is 6.99. The summed E-state index contributed by atoms with van der Waals surface area (Å²) in [6, 6.07) is 16.5. The number of ether oxygens (including phenoxy) is 1. The number of benzene rings is 2. The summed E-state index contributed by atoms with van der Waals surface area (Å²) in [5.41, 5.74) is 4.25. The predicted molar refractivity (Wildman–Crippen MR) is 126 cm³/mol. The van der Waals surface area contributed by atoms with Gasteiger partial charge in [-0.25, -0.2) is 4.98 Å². The molecule has 1 N–H and O–H groups in total. The van der Waals surface area contributed by atoms with Crippen molar-refractivity contribution in [2.45, 2.75) is 32.2 Å². The Morgan fingerprint density at radius 2 is 2.00 bits per heavy atom. The summed E-state index contributed by atoms with van der Waals surface area (Å²) in [7, 11) is 1.70. The maximum Gasteiger partial charge on any atom is 0.226 e. The average molecular weight is 436 g/mol. The van der Waals surface area contributed by atoms with Gasteiger partial charge >= 0.3 is 0 Å². The molecule has 1 saturated heterocycles. The zero-order valence-electron chi connectivity index (χ0n) is 18.1. The second kappa shape index (κ2) is 10.1. The lowest BCUT2D eigenvalue weighted by atomic mass is 10.0. The average Bonchev–Trinajstić information content (AvgIpc) is 3.47. The predicted octanol–water partition coefficient (Wildman–Crippen LogP) is 4.62. The second-order valence-corrected chi connectivity index (χ2v) is 8.85. The van der Waals surface area contributed by atoms with Gasteiger partial charge in [0.05, 0.1) is 25.3 Å². The van der Waals surface area contributed by atoms with Gasteiger partial charge < -0.3 is 10.1 Å². The quantitative estimate of drug-likeness (QED) is 0.561. The fraction of sp³-hybridized carbons (Fsp3) is 0.360. The smallest absolute Gasteiger partial charge is 0.226 e. The molecule has 2 heterocycles. The highest BCUT2D eigenvalue weighted by Gasteiger charge is 2.26. The van der Waals surface area contributed by atoms with Crippen LogP contribution in [0.3, 0.4) is 0 Å². The summed E-state index contributed by atoms with van der Waals surface area (Å²) >= 11 is 1.58. The molecular weight excluding hydrogens is 406 g/mol. The number of aryl methyl sites for hydroxylation is 1. The molecule has 0 saturated carbocycles. The molecule has 4 rings (SSSR count). The van der Waals surface area contributed by atoms with Crippen LogP contribution < -0.4 is 10.1 Å². The van der Waals surface area contributed by atoms with Crippen LogP contribution in [0.5, 0.6) is 5.75 Å². The fourth-order valence-electron chi connectivity index (χ4n) is 4.17. The van der Waals surface area contributed by atoms with Crippen LogP contribution in [0.4, 0.5) is 0 Å². The Hall–Kier alpha value is -2.70. The van der Waals surface area contributed by atoms with Crippen LogP contribution in [-0.2, 0) is 11.2 Å². The van der Waals surface area contributed by atoms with E-state index in [9.17, 15) is 4.79 Å². The van der Waals surface area contributed by atoms with Crippen LogP contribution in [0.2, 0.25) is 0 Å². The number of carbonyl (C=O) groups excluding carboxylic acids is 1. The minimum atomic E-state index is 0.000173. The highest BCUT2D eigenvalue weighted by molar-refractivity contribution is 7.13. The molecule has 1 aliphatic rings. The highest BCUT2D eigenvalue weighted by atomic mass is 32.1. The van der Waals surface area contributed by atoms with Crippen LogP contribution in [0.25, 0.3) is 10.6 Å². The zero-order chi connectivity index (χ0) is 21.6. The number of likely N-dealkylation sites (tertiary alicyclic amines) is 1. The number of methoxy groups -OCH3 is 1. The van der Waals surface area contributed by atoms with Crippen molar-refractivity contribution < 1.29 is 9.53 Å². The van der Waals surface area contributed by atoms with Crippen LogP contribution >= 0.6 is 11.3 Å². The van der Waals surface area contributed by atoms with Gasteiger partial charge in [-0.15, -0.1) is 11.3 Å². The number of aromatic nitrogens is 1. The number of hydrogen-bond acceptors (Lipinski definition) is 5. The van der Waals surface area contributed by atoms with Gasteiger partial charge in [-0.3, -0.25) is 9.69 Å². The summed E-state index contributed by atoms with van der Waals surface area (Å²) < 4.78 is 5.59. The molecule has 0 spiro atoms. The Labute approximate surface area is 188 Å². The Bertz CT molecular complexity index is 1030. The van der Waals surface area contributed by atoms with E-state index in [4.69, 9.17) is 4.74 Å². The number of hydrogen-bond donors (Lipinski definition) is 1. The molecule has 1 fully saturated rings. The van der Waals surface area contributed by atoms with E-state index in [1.165, 1.54) is 18.4 Å². The summed E-state index contributed by atoms with van der Waals surface area (Å²) in [4.78, 5) is 19.8. The Morgan fingerprint density at radius 3 is 2.77 bits per heavy atom. The third kappa shape index (κ3) is 5.32. The van der Waals surface area contributed by atoms with Crippen LogP contribution in [0, 0.1) is 6.92 Å². The Morgan fingerprint density at radius 1 is 1.19 bits per heavy atom. The first-order chi connectivity index (χ1) is 15.1. The molecule has 31 heavy (non-hydrogen) atoms. The van der Waals surface area contributed by atoms with Crippen molar-refractivity contribution >= 4 is 17.2 Å². The van der Waals surface area contributed by atoms with Crippen LogP contribution in [0.1, 0.15) is 35.7 Å². The second-order valence-electron chi connectivity index (χ2n) is 8.00. The normalized spacial score (nSPS) is 15.0. The molecular formula is C25H29N3O2S. The molecule has 1 aromatic heterocycles.